The number of hydrogen-bond acceptors (Lipinski definition) is 3. The summed E-state index contributed by atoms with van der Waals surface area (Å²) in [6.07, 6.45) is 0.685. The molecular weight excluding hydrogens is 190 g/mol. The third-order valence-corrected chi connectivity index (χ3v) is 2.14. The molecule has 0 atom stereocenters. The highest BCUT2D eigenvalue weighted by Crippen LogP contribution is 2.20. The van der Waals surface area contributed by atoms with Crippen LogP contribution >= 0.6 is 0 Å². The Morgan fingerprint density at radius 2 is 1.93 bits per heavy atom. The zero-order valence-corrected chi connectivity index (χ0v) is 9.03. The second-order valence-electron chi connectivity index (χ2n) is 4.09. The second kappa shape index (κ2) is 4.70. The maximum atomic E-state index is 9.05. The molecule has 0 heterocycles. The molecule has 0 saturated heterocycles. The summed E-state index contributed by atoms with van der Waals surface area (Å²) in [6.45, 7) is 4.27. The van der Waals surface area contributed by atoms with Gasteiger partial charge in [-0.25, -0.2) is 0 Å². The van der Waals surface area contributed by atoms with E-state index in [0.717, 1.165) is 0 Å². The van der Waals surface area contributed by atoms with Crippen LogP contribution in [0.1, 0.15) is 20.3 Å². The van der Waals surface area contributed by atoms with Crippen LogP contribution in [-0.4, -0.2) is 11.7 Å². The van der Waals surface area contributed by atoms with Crippen molar-refractivity contribution < 1.29 is 9.84 Å². The molecule has 0 aromatic heterocycles. The molecule has 1 N–H and O–H groups in total. The van der Waals surface area contributed by atoms with Crippen LogP contribution in [0.25, 0.3) is 0 Å². The molecule has 3 nitrogen and oxygen atoms in total. The van der Waals surface area contributed by atoms with E-state index in [2.05, 4.69) is 6.07 Å². The molecule has 0 saturated carbocycles. The Morgan fingerprint density at radius 3 is 2.47 bits per heavy atom. The van der Waals surface area contributed by atoms with Crippen LogP contribution < -0.4 is 4.74 Å². The van der Waals surface area contributed by atoms with Gasteiger partial charge in [-0.3, -0.25) is 0 Å². The number of rotatable bonds is 4. The number of ether oxygens (including phenoxy) is 1. The van der Waals surface area contributed by atoms with E-state index in [9.17, 15) is 0 Å². The number of phenols is 1. The monoisotopic (exact) mass is 205 g/mol. The highest BCUT2D eigenvalue weighted by atomic mass is 16.5. The molecule has 0 unspecified atom stereocenters. The van der Waals surface area contributed by atoms with Crippen molar-refractivity contribution in [2.24, 2.45) is 5.41 Å². The quantitative estimate of drug-likeness (QED) is 0.822. The normalized spacial score (nSPS) is 10.7. The first-order valence-electron chi connectivity index (χ1n) is 4.86. The van der Waals surface area contributed by atoms with Crippen LogP contribution in [0.5, 0.6) is 11.5 Å². The molecule has 80 valence electrons. The Labute approximate surface area is 89.9 Å². The first-order valence-corrected chi connectivity index (χ1v) is 4.86. The van der Waals surface area contributed by atoms with E-state index < -0.39 is 0 Å². The van der Waals surface area contributed by atoms with Gasteiger partial charge in [-0.15, -0.1) is 0 Å². The van der Waals surface area contributed by atoms with Gasteiger partial charge in [-0.2, -0.15) is 5.26 Å². The van der Waals surface area contributed by atoms with Gasteiger partial charge < -0.3 is 9.84 Å². The fourth-order valence-corrected chi connectivity index (χ4v) is 1.02. The van der Waals surface area contributed by atoms with Gasteiger partial charge >= 0.3 is 0 Å². The van der Waals surface area contributed by atoms with Gasteiger partial charge in [0.1, 0.15) is 11.5 Å². The standard InChI is InChI=1S/C12H15NO2/c1-12(2,9-13)7-8-15-11-5-3-10(14)4-6-11/h3-6,14H,7-8H2,1-2H3. The number of hydrogen-bond donors (Lipinski definition) is 1. The zero-order chi connectivity index (χ0) is 11.3. The molecule has 0 aliphatic rings. The van der Waals surface area contributed by atoms with Gasteiger partial charge in [-0.05, 0) is 44.5 Å². The molecule has 3 heteroatoms. The molecule has 1 aromatic rings. The van der Waals surface area contributed by atoms with Crippen LogP contribution in [0.2, 0.25) is 0 Å². The van der Waals surface area contributed by atoms with Crippen molar-refractivity contribution in [3.8, 4) is 17.6 Å². The van der Waals surface area contributed by atoms with Gasteiger partial charge in [0.15, 0.2) is 0 Å². The predicted octanol–water partition coefficient (Wildman–Crippen LogP) is 2.71. The van der Waals surface area contributed by atoms with Crippen molar-refractivity contribution in [1.82, 2.24) is 0 Å². The topological polar surface area (TPSA) is 53.2 Å². The van der Waals surface area contributed by atoms with Crippen molar-refractivity contribution in [1.29, 1.82) is 5.26 Å². The molecular formula is C12H15NO2. The van der Waals surface area contributed by atoms with E-state index in [1.165, 1.54) is 0 Å². The molecule has 1 aromatic carbocycles. The van der Waals surface area contributed by atoms with Crippen molar-refractivity contribution >= 4 is 0 Å². The molecule has 0 fully saturated rings. The Bertz CT molecular complexity index is 349. The zero-order valence-electron chi connectivity index (χ0n) is 9.03. The lowest BCUT2D eigenvalue weighted by molar-refractivity contribution is 0.264. The smallest absolute Gasteiger partial charge is 0.119 e. The summed E-state index contributed by atoms with van der Waals surface area (Å²) in [4.78, 5) is 0. The first kappa shape index (κ1) is 11.4. The van der Waals surface area contributed by atoms with Crippen molar-refractivity contribution in [3.63, 3.8) is 0 Å². The van der Waals surface area contributed by atoms with Crippen LogP contribution in [0, 0.1) is 16.7 Å². The molecule has 1 rings (SSSR count). The van der Waals surface area contributed by atoms with Crippen molar-refractivity contribution in [2.45, 2.75) is 20.3 Å². The lowest BCUT2D eigenvalue weighted by Gasteiger charge is -2.15. The fraction of sp³-hybridized carbons (Fsp3) is 0.417. The highest BCUT2D eigenvalue weighted by molar-refractivity contribution is 5.30. The van der Waals surface area contributed by atoms with E-state index in [4.69, 9.17) is 15.1 Å². The molecule has 15 heavy (non-hydrogen) atoms. The van der Waals surface area contributed by atoms with Crippen LogP contribution in [0.4, 0.5) is 0 Å². The summed E-state index contributed by atoms with van der Waals surface area (Å²) >= 11 is 0. The minimum absolute atomic E-state index is 0.222. The lowest BCUT2D eigenvalue weighted by Crippen LogP contribution is -2.13. The van der Waals surface area contributed by atoms with Gasteiger partial charge in [-0.1, -0.05) is 0 Å². The summed E-state index contributed by atoms with van der Waals surface area (Å²) in [7, 11) is 0. The van der Waals surface area contributed by atoms with Crippen molar-refractivity contribution in [2.75, 3.05) is 6.61 Å². The molecule has 0 amide bonds. The minimum Gasteiger partial charge on any atom is -0.508 e. The third kappa shape index (κ3) is 3.90. The van der Waals surface area contributed by atoms with Crippen molar-refractivity contribution in [3.05, 3.63) is 24.3 Å². The fourth-order valence-electron chi connectivity index (χ4n) is 1.02. The summed E-state index contributed by atoms with van der Waals surface area (Å²) in [5.41, 5.74) is -0.350. The second-order valence-corrected chi connectivity index (χ2v) is 4.09. The summed E-state index contributed by atoms with van der Waals surface area (Å²) < 4.78 is 5.44. The number of nitrogens with zero attached hydrogens (tertiary/aromatic N) is 1. The van der Waals surface area contributed by atoms with Crippen LogP contribution in [0.3, 0.4) is 0 Å². The number of nitriles is 1. The summed E-state index contributed by atoms with van der Waals surface area (Å²) in [6, 6.07) is 8.77. The van der Waals surface area contributed by atoms with E-state index >= 15 is 0 Å². The average Bonchev–Trinajstić information content (AvgIpc) is 2.21. The van der Waals surface area contributed by atoms with Gasteiger partial charge in [0.25, 0.3) is 0 Å². The van der Waals surface area contributed by atoms with E-state index in [-0.39, 0.29) is 11.2 Å². The minimum atomic E-state index is -0.350. The number of aromatic hydroxyl groups is 1. The van der Waals surface area contributed by atoms with E-state index in [0.29, 0.717) is 18.8 Å². The highest BCUT2D eigenvalue weighted by Gasteiger charge is 2.16. The molecule has 0 aliphatic carbocycles. The maximum Gasteiger partial charge on any atom is 0.119 e. The summed E-state index contributed by atoms with van der Waals surface area (Å²) in [5.74, 6) is 0.932. The predicted molar refractivity (Wildman–Crippen MR) is 57.6 cm³/mol. The van der Waals surface area contributed by atoms with Crippen LogP contribution in [-0.2, 0) is 0 Å². The Morgan fingerprint density at radius 1 is 1.33 bits per heavy atom. The maximum absolute atomic E-state index is 9.05. The SMILES string of the molecule is CC(C)(C#N)CCOc1ccc(O)cc1. The Balaban J connectivity index is 2.39. The van der Waals surface area contributed by atoms with Gasteiger partial charge in [0.2, 0.25) is 0 Å². The first-order chi connectivity index (χ1) is 7.03. The van der Waals surface area contributed by atoms with Crippen LogP contribution in [0.15, 0.2) is 24.3 Å². The van der Waals surface area contributed by atoms with E-state index in [1.54, 1.807) is 24.3 Å². The lowest BCUT2D eigenvalue weighted by atomic mass is 9.92. The largest absolute Gasteiger partial charge is 0.508 e. The molecule has 0 radical (unpaired) electrons. The van der Waals surface area contributed by atoms with Gasteiger partial charge in [0.05, 0.1) is 18.1 Å². The summed E-state index contributed by atoms with van der Waals surface area (Å²) in [5, 5.41) is 17.8. The van der Waals surface area contributed by atoms with Gasteiger partial charge in [0, 0.05) is 0 Å². The molecule has 0 bridgehead atoms. The Hall–Kier alpha value is -1.69. The van der Waals surface area contributed by atoms with E-state index in [1.807, 2.05) is 13.8 Å². The third-order valence-electron chi connectivity index (χ3n) is 2.14. The number of benzene rings is 1. The number of phenolic OH excluding ortho intramolecular Hbond substituents is 1. The average molecular weight is 205 g/mol. The molecule has 0 aliphatic heterocycles. The molecule has 0 spiro atoms. The Kier molecular flexibility index (Phi) is 3.56.